The van der Waals surface area contributed by atoms with Gasteiger partial charge >= 0.3 is 0 Å². The van der Waals surface area contributed by atoms with Crippen molar-refractivity contribution in [1.29, 1.82) is 0 Å². The summed E-state index contributed by atoms with van der Waals surface area (Å²) < 4.78 is 5.27. The van der Waals surface area contributed by atoms with Gasteiger partial charge in [0.15, 0.2) is 5.78 Å². The molecular formula is C14H17NO2. The molecule has 3 rings (SSSR count). The number of ether oxygens (including phenoxy) is 1. The summed E-state index contributed by atoms with van der Waals surface area (Å²) in [4.78, 5) is 14.3. The molecule has 1 aromatic rings. The predicted molar refractivity (Wildman–Crippen MR) is 66.3 cm³/mol. The van der Waals surface area contributed by atoms with Crippen LogP contribution in [-0.2, 0) is 16.0 Å². The third-order valence-corrected chi connectivity index (χ3v) is 3.72. The molecule has 2 aliphatic heterocycles. The van der Waals surface area contributed by atoms with E-state index >= 15 is 0 Å². The first-order valence-corrected chi connectivity index (χ1v) is 6.28. The van der Waals surface area contributed by atoms with Gasteiger partial charge in [-0.2, -0.15) is 0 Å². The van der Waals surface area contributed by atoms with E-state index in [0.29, 0.717) is 18.9 Å². The molecule has 2 heterocycles. The van der Waals surface area contributed by atoms with Crippen molar-refractivity contribution < 1.29 is 9.53 Å². The topological polar surface area (TPSA) is 29.5 Å². The minimum Gasteiger partial charge on any atom is -0.381 e. The summed E-state index contributed by atoms with van der Waals surface area (Å²) in [5, 5.41) is 0. The smallest absolute Gasteiger partial charge is 0.157 e. The van der Waals surface area contributed by atoms with Crippen molar-refractivity contribution in [2.75, 3.05) is 31.2 Å². The van der Waals surface area contributed by atoms with Gasteiger partial charge in [-0.05, 0) is 24.5 Å². The molecule has 1 fully saturated rings. The second-order valence-electron chi connectivity index (χ2n) is 4.83. The van der Waals surface area contributed by atoms with Gasteiger partial charge in [0.1, 0.15) is 0 Å². The molecular weight excluding hydrogens is 214 g/mol. The van der Waals surface area contributed by atoms with Crippen molar-refractivity contribution in [1.82, 2.24) is 0 Å². The van der Waals surface area contributed by atoms with Gasteiger partial charge in [-0.3, -0.25) is 4.79 Å². The fraction of sp³-hybridized carbons (Fsp3) is 0.500. The molecule has 0 radical (unpaired) electrons. The zero-order valence-corrected chi connectivity index (χ0v) is 9.89. The average Bonchev–Trinajstić information content (AvgIpc) is 2.98. The summed E-state index contributed by atoms with van der Waals surface area (Å²) in [7, 11) is 0. The quantitative estimate of drug-likeness (QED) is 0.792. The lowest BCUT2D eigenvalue weighted by molar-refractivity contribution is -0.121. The molecule has 2 aliphatic rings. The Hall–Kier alpha value is -1.35. The molecule has 0 spiro atoms. The van der Waals surface area contributed by atoms with Crippen molar-refractivity contribution in [3.63, 3.8) is 0 Å². The first kappa shape index (κ1) is 10.8. The summed E-state index contributed by atoms with van der Waals surface area (Å²) in [5.41, 5.74) is 2.60. The molecule has 1 saturated heterocycles. The fourth-order valence-electron chi connectivity index (χ4n) is 2.68. The van der Waals surface area contributed by atoms with E-state index in [9.17, 15) is 4.79 Å². The molecule has 17 heavy (non-hydrogen) atoms. The molecule has 3 nitrogen and oxygen atoms in total. The van der Waals surface area contributed by atoms with Crippen LogP contribution in [0.4, 0.5) is 5.69 Å². The molecule has 0 bridgehead atoms. The first-order valence-electron chi connectivity index (χ1n) is 6.28. The van der Waals surface area contributed by atoms with Gasteiger partial charge < -0.3 is 9.64 Å². The van der Waals surface area contributed by atoms with Crippen LogP contribution in [0.25, 0.3) is 0 Å². The van der Waals surface area contributed by atoms with Crippen LogP contribution < -0.4 is 4.90 Å². The maximum absolute atomic E-state index is 12.1. The third-order valence-electron chi connectivity index (χ3n) is 3.72. The molecule has 0 aromatic heterocycles. The molecule has 3 heteroatoms. The zero-order valence-electron chi connectivity index (χ0n) is 9.89. The van der Waals surface area contributed by atoms with Crippen LogP contribution in [0.1, 0.15) is 12.0 Å². The summed E-state index contributed by atoms with van der Waals surface area (Å²) >= 11 is 0. The molecule has 1 aromatic carbocycles. The van der Waals surface area contributed by atoms with E-state index in [1.165, 1.54) is 11.3 Å². The molecule has 0 amide bonds. The molecule has 90 valence electrons. The Bertz CT molecular complexity index is 424. The molecule has 0 N–H and O–H groups in total. The number of rotatable bonds is 3. The minimum absolute atomic E-state index is 0.128. The van der Waals surface area contributed by atoms with Gasteiger partial charge in [0.05, 0.1) is 13.2 Å². The van der Waals surface area contributed by atoms with Gasteiger partial charge in [0, 0.05) is 24.8 Å². The van der Waals surface area contributed by atoms with E-state index < -0.39 is 0 Å². The number of fused-ring (bicyclic) bond motifs is 1. The van der Waals surface area contributed by atoms with Gasteiger partial charge in [-0.25, -0.2) is 0 Å². The second-order valence-corrected chi connectivity index (χ2v) is 4.83. The first-order chi connectivity index (χ1) is 8.34. The Balaban J connectivity index is 1.68. The summed E-state index contributed by atoms with van der Waals surface area (Å²) in [6.45, 7) is 2.88. The number of nitrogens with zero attached hydrogens (tertiary/aromatic N) is 1. The summed E-state index contributed by atoms with van der Waals surface area (Å²) in [6.07, 6.45) is 1.96. The van der Waals surface area contributed by atoms with Crippen LogP contribution in [0.2, 0.25) is 0 Å². The van der Waals surface area contributed by atoms with Crippen LogP contribution in [-0.4, -0.2) is 32.1 Å². The SMILES string of the molecule is O=C(CN1CCc2ccccc21)C1CCOC1. The monoisotopic (exact) mass is 231 g/mol. The van der Waals surface area contributed by atoms with E-state index in [4.69, 9.17) is 4.74 Å². The van der Waals surface area contributed by atoms with E-state index in [1.54, 1.807) is 0 Å². The highest BCUT2D eigenvalue weighted by atomic mass is 16.5. The second kappa shape index (κ2) is 4.49. The number of benzene rings is 1. The number of Topliss-reactive ketones (excluding diaryl/α,β-unsaturated/α-hetero) is 1. The highest BCUT2D eigenvalue weighted by Gasteiger charge is 2.27. The number of anilines is 1. The standard InChI is InChI=1S/C14H17NO2/c16-14(12-6-8-17-10-12)9-15-7-5-11-3-1-2-4-13(11)15/h1-4,12H,5-10H2. The van der Waals surface area contributed by atoms with Crippen LogP contribution >= 0.6 is 0 Å². The van der Waals surface area contributed by atoms with Crippen molar-refractivity contribution in [2.24, 2.45) is 5.92 Å². The van der Waals surface area contributed by atoms with Gasteiger partial charge in [0.25, 0.3) is 0 Å². The lowest BCUT2D eigenvalue weighted by Gasteiger charge is -2.19. The van der Waals surface area contributed by atoms with E-state index in [2.05, 4.69) is 23.1 Å². The van der Waals surface area contributed by atoms with E-state index in [0.717, 1.165) is 26.0 Å². The van der Waals surface area contributed by atoms with E-state index in [1.807, 2.05) is 6.07 Å². The summed E-state index contributed by atoms with van der Waals surface area (Å²) in [6, 6.07) is 8.37. The van der Waals surface area contributed by atoms with Crippen LogP contribution in [0.5, 0.6) is 0 Å². The van der Waals surface area contributed by atoms with Crippen LogP contribution in [0.3, 0.4) is 0 Å². The maximum Gasteiger partial charge on any atom is 0.157 e. The maximum atomic E-state index is 12.1. The number of para-hydroxylation sites is 1. The van der Waals surface area contributed by atoms with Crippen molar-refractivity contribution in [3.8, 4) is 0 Å². The molecule has 1 atom stereocenters. The van der Waals surface area contributed by atoms with Gasteiger partial charge in [-0.1, -0.05) is 18.2 Å². The molecule has 0 saturated carbocycles. The number of carbonyl (C=O) groups is 1. The van der Waals surface area contributed by atoms with Gasteiger partial charge in [-0.15, -0.1) is 0 Å². The zero-order chi connectivity index (χ0) is 11.7. The Morgan fingerprint density at radius 2 is 2.29 bits per heavy atom. The van der Waals surface area contributed by atoms with Crippen LogP contribution in [0.15, 0.2) is 24.3 Å². The highest BCUT2D eigenvalue weighted by Crippen LogP contribution is 2.27. The number of carbonyl (C=O) groups excluding carboxylic acids is 1. The number of hydrogen-bond donors (Lipinski definition) is 0. The summed E-state index contributed by atoms with van der Waals surface area (Å²) in [5.74, 6) is 0.460. The Morgan fingerprint density at radius 1 is 1.41 bits per heavy atom. The van der Waals surface area contributed by atoms with E-state index in [-0.39, 0.29) is 5.92 Å². The van der Waals surface area contributed by atoms with Gasteiger partial charge in [0.2, 0.25) is 0 Å². The largest absolute Gasteiger partial charge is 0.381 e. The van der Waals surface area contributed by atoms with Crippen molar-refractivity contribution in [3.05, 3.63) is 29.8 Å². The Kier molecular flexibility index (Phi) is 2.85. The van der Waals surface area contributed by atoms with Crippen LogP contribution in [0, 0.1) is 5.92 Å². The minimum atomic E-state index is 0.128. The lowest BCUT2D eigenvalue weighted by Crippen LogP contribution is -2.32. The predicted octanol–water partition coefficient (Wildman–Crippen LogP) is 1.65. The Morgan fingerprint density at radius 3 is 3.12 bits per heavy atom. The average molecular weight is 231 g/mol. The highest BCUT2D eigenvalue weighted by molar-refractivity contribution is 5.86. The Labute approximate surface area is 101 Å². The normalized spacial score (nSPS) is 22.8. The number of ketones is 1. The lowest BCUT2D eigenvalue weighted by atomic mass is 10.0. The van der Waals surface area contributed by atoms with Crippen molar-refractivity contribution >= 4 is 11.5 Å². The fourth-order valence-corrected chi connectivity index (χ4v) is 2.68. The molecule has 0 aliphatic carbocycles. The number of hydrogen-bond acceptors (Lipinski definition) is 3. The third kappa shape index (κ3) is 2.07. The van der Waals surface area contributed by atoms with Crippen molar-refractivity contribution in [2.45, 2.75) is 12.8 Å². The molecule has 1 unspecified atom stereocenters.